The van der Waals surface area contributed by atoms with Crippen LogP contribution in [-0.4, -0.2) is 68.6 Å². The van der Waals surface area contributed by atoms with Crippen LogP contribution in [0.15, 0.2) is 18.2 Å². The summed E-state index contributed by atoms with van der Waals surface area (Å²) in [6.07, 6.45) is 1.21. The lowest BCUT2D eigenvalue weighted by molar-refractivity contribution is -0.131. The van der Waals surface area contributed by atoms with Crippen molar-refractivity contribution in [3.8, 4) is 11.5 Å². The van der Waals surface area contributed by atoms with Gasteiger partial charge < -0.3 is 35.7 Å². The molecular weight excluding hydrogens is 450 g/mol. The van der Waals surface area contributed by atoms with Crippen LogP contribution in [0.4, 0.5) is 0 Å². The van der Waals surface area contributed by atoms with Crippen molar-refractivity contribution in [2.45, 2.75) is 71.6 Å². The normalized spacial score (nSPS) is 14.2. The molecule has 200 valence electrons. The van der Waals surface area contributed by atoms with Gasteiger partial charge in [-0.05, 0) is 56.2 Å². The molecule has 0 heterocycles. The summed E-state index contributed by atoms with van der Waals surface area (Å²) in [7, 11) is 3.28. The molecule has 0 radical (unpaired) electrons. The van der Waals surface area contributed by atoms with Gasteiger partial charge in [-0.15, -0.1) is 0 Å². The Labute approximate surface area is 210 Å². The predicted octanol–water partition coefficient (Wildman–Crippen LogP) is 2.03. The van der Waals surface area contributed by atoms with Crippen molar-refractivity contribution in [2.24, 2.45) is 17.6 Å². The highest BCUT2D eigenvalue weighted by Gasteiger charge is 2.29. The van der Waals surface area contributed by atoms with E-state index in [4.69, 9.17) is 19.9 Å². The Morgan fingerprint density at radius 3 is 2.40 bits per heavy atom. The third-order valence-corrected chi connectivity index (χ3v) is 6.02. The number of hydrogen-bond donors (Lipinski definition) is 4. The first-order valence-corrected chi connectivity index (χ1v) is 12.2. The summed E-state index contributed by atoms with van der Waals surface area (Å²) in [5.41, 5.74) is 6.35. The molecule has 9 nitrogen and oxygen atoms in total. The minimum absolute atomic E-state index is 0.00975. The minimum atomic E-state index is -1.08. The van der Waals surface area contributed by atoms with Crippen LogP contribution in [0.3, 0.4) is 0 Å². The van der Waals surface area contributed by atoms with Crippen LogP contribution in [-0.2, 0) is 20.7 Å². The van der Waals surface area contributed by atoms with E-state index in [2.05, 4.69) is 24.5 Å². The van der Waals surface area contributed by atoms with Crippen LogP contribution in [0.2, 0.25) is 0 Å². The number of hydrogen-bond acceptors (Lipinski definition) is 7. The molecule has 0 saturated carbocycles. The lowest BCUT2D eigenvalue weighted by Crippen LogP contribution is -2.56. The summed E-state index contributed by atoms with van der Waals surface area (Å²) in [5, 5.41) is 15.9. The first-order valence-electron chi connectivity index (χ1n) is 12.2. The molecule has 0 aromatic heterocycles. The zero-order valence-electron chi connectivity index (χ0n) is 22.3. The summed E-state index contributed by atoms with van der Waals surface area (Å²) < 4.78 is 16.4. The van der Waals surface area contributed by atoms with Gasteiger partial charge in [0.25, 0.3) is 0 Å². The van der Waals surface area contributed by atoms with Crippen molar-refractivity contribution in [1.29, 1.82) is 0 Å². The fourth-order valence-corrected chi connectivity index (χ4v) is 3.81. The van der Waals surface area contributed by atoms with E-state index in [1.807, 2.05) is 18.2 Å². The Hall–Kier alpha value is -2.36. The first-order chi connectivity index (χ1) is 16.4. The van der Waals surface area contributed by atoms with Gasteiger partial charge in [0.05, 0.1) is 19.8 Å². The second-order valence-electron chi connectivity index (χ2n) is 9.87. The third kappa shape index (κ3) is 10.8. The average molecular weight is 496 g/mol. The second-order valence-corrected chi connectivity index (χ2v) is 9.87. The van der Waals surface area contributed by atoms with Crippen LogP contribution >= 0.6 is 0 Å². The average Bonchev–Trinajstić information content (AvgIpc) is 2.78. The number of carbonyl (C=O) groups is 2. The number of aliphatic hydroxyl groups is 1. The van der Waals surface area contributed by atoms with E-state index in [1.54, 1.807) is 28.1 Å². The van der Waals surface area contributed by atoms with Gasteiger partial charge in [-0.2, -0.15) is 0 Å². The summed E-state index contributed by atoms with van der Waals surface area (Å²) in [4.78, 5) is 23.7. The van der Waals surface area contributed by atoms with E-state index < -0.39 is 17.7 Å². The molecule has 2 amide bonds. The fourth-order valence-electron chi connectivity index (χ4n) is 3.81. The van der Waals surface area contributed by atoms with Gasteiger partial charge in [-0.3, -0.25) is 9.59 Å². The third-order valence-electron chi connectivity index (χ3n) is 6.02. The molecule has 35 heavy (non-hydrogen) atoms. The van der Waals surface area contributed by atoms with Gasteiger partial charge in [-0.1, -0.05) is 19.9 Å². The van der Waals surface area contributed by atoms with Crippen molar-refractivity contribution < 1.29 is 28.9 Å². The molecule has 5 N–H and O–H groups in total. The highest BCUT2D eigenvalue weighted by atomic mass is 16.5. The highest BCUT2D eigenvalue weighted by Crippen LogP contribution is 2.31. The number of carbonyl (C=O) groups excluding carboxylic acids is 2. The van der Waals surface area contributed by atoms with E-state index >= 15 is 0 Å². The Kier molecular flexibility index (Phi) is 13.1. The monoisotopic (exact) mass is 495 g/mol. The summed E-state index contributed by atoms with van der Waals surface area (Å²) in [5.74, 6) is 1.23. The van der Waals surface area contributed by atoms with Crippen LogP contribution in [0.5, 0.6) is 11.5 Å². The fraction of sp³-hybridized carbons (Fsp3) is 0.692. The molecule has 1 rings (SSSR count). The van der Waals surface area contributed by atoms with E-state index in [0.29, 0.717) is 37.1 Å². The predicted molar refractivity (Wildman–Crippen MR) is 137 cm³/mol. The second kappa shape index (κ2) is 14.9. The van der Waals surface area contributed by atoms with Crippen molar-refractivity contribution in [3.05, 3.63) is 23.8 Å². The number of rotatable bonds is 16. The molecule has 0 bridgehead atoms. The molecule has 0 aliphatic rings. The molecule has 0 saturated heterocycles. The first kappa shape index (κ1) is 30.7. The number of nitrogens with one attached hydrogen (secondary N) is 2. The summed E-state index contributed by atoms with van der Waals surface area (Å²) in [6.45, 7) is 10.00. The Morgan fingerprint density at radius 2 is 1.83 bits per heavy atom. The molecular formula is C26H45N3O6. The van der Waals surface area contributed by atoms with Gasteiger partial charge in [-0.25, -0.2) is 0 Å². The largest absolute Gasteiger partial charge is 0.493 e. The number of nitrogens with two attached hydrogens (primary N) is 1. The van der Waals surface area contributed by atoms with Crippen LogP contribution in [0.25, 0.3) is 0 Å². The summed E-state index contributed by atoms with van der Waals surface area (Å²) in [6, 6.07) is 5.39. The Morgan fingerprint density at radius 1 is 1.14 bits per heavy atom. The van der Waals surface area contributed by atoms with Crippen molar-refractivity contribution >= 4 is 11.8 Å². The molecule has 0 aliphatic heterocycles. The molecule has 9 heteroatoms. The Balaban J connectivity index is 2.76. The van der Waals surface area contributed by atoms with Gasteiger partial charge in [0, 0.05) is 39.6 Å². The quantitative estimate of drug-likeness (QED) is 0.258. The standard InChI is InChI=1S/C26H45N3O6/c1-17(2)20(13-19-9-10-23(34-7)24(14-19)35-12-8-11-33-6)15-21(27)22(31)16-28-25(32)26(4,5)29-18(3)30/h9-10,14,17,20-22,31H,8,11-13,15-16,27H2,1-7H3,(H,28,32)(H,29,30)/t20-,21-,22-/m0/s1. The van der Waals surface area contributed by atoms with Crippen molar-refractivity contribution in [1.82, 2.24) is 10.6 Å². The van der Waals surface area contributed by atoms with Gasteiger partial charge in [0.2, 0.25) is 11.8 Å². The zero-order chi connectivity index (χ0) is 26.6. The lowest BCUT2D eigenvalue weighted by atomic mass is 9.83. The molecule has 0 unspecified atom stereocenters. The Bertz CT molecular complexity index is 799. The maximum Gasteiger partial charge on any atom is 0.245 e. The van der Waals surface area contributed by atoms with Gasteiger partial charge in [0.1, 0.15) is 5.54 Å². The zero-order valence-corrected chi connectivity index (χ0v) is 22.3. The number of benzene rings is 1. The number of methoxy groups -OCH3 is 2. The van der Waals surface area contributed by atoms with E-state index in [0.717, 1.165) is 18.4 Å². The van der Waals surface area contributed by atoms with Gasteiger partial charge in [0.15, 0.2) is 11.5 Å². The van der Waals surface area contributed by atoms with Gasteiger partial charge >= 0.3 is 0 Å². The maximum absolute atomic E-state index is 12.4. The number of amides is 2. The van der Waals surface area contributed by atoms with Crippen LogP contribution in [0.1, 0.15) is 53.0 Å². The summed E-state index contributed by atoms with van der Waals surface area (Å²) >= 11 is 0. The van der Waals surface area contributed by atoms with E-state index in [9.17, 15) is 14.7 Å². The van der Waals surface area contributed by atoms with Crippen LogP contribution < -0.4 is 25.8 Å². The molecule has 0 spiro atoms. The molecule has 3 atom stereocenters. The highest BCUT2D eigenvalue weighted by molar-refractivity contribution is 5.90. The lowest BCUT2D eigenvalue weighted by Gasteiger charge is -2.29. The number of aliphatic hydroxyl groups excluding tert-OH is 1. The van der Waals surface area contributed by atoms with Crippen molar-refractivity contribution in [2.75, 3.05) is 34.0 Å². The SMILES string of the molecule is COCCCOc1cc(C[C@@H](C[C@H](N)[C@@H](O)CNC(=O)C(C)(C)NC(C)=O)C(C)C)ccc1OC. The topological polar surface area (TPSA) is 132 Å². The van der Waals surface area contributed by atoms with Crippen molar-refractivity contribution in [3.63, 3.8) is 0 Å². The smallest absolute Gasteiger partial charge is 0.245 e. The van der Waals surface area contributed by atoms with E-state index in [-0.39, 0.29) is 24.3 Å². The number of ether oxygens (including phenoxy) is 3. The molecule has 1 aromatic rings. The molecule has 0 aliphatic carbocycles. The van der Waals surface area contributed by atoms with E-state index in [1.165, 1.54) is 6.92 Å². The molecule has 1 aromatic carbocycles. The van der Waals surface area contributed by atoms with Crippen LogP contribution in [0, 0.1) is 11.8 Å². The maximum atomic E-state index is 12.4. The minimum Gasteiger partial charge on any atom is -0.493 e. The molecule has 0 fully saturated rings.